The second kappa shape index (κ2) is 6.95. The van der Waals surface area contributed by atoms with E-state index in [1.54, 1.807) is 24.3 Å². The smallest absolute Gasteiger partial charge is 0.307 e. The summed E-state index contributed by atoms with van der Waals surface area (Å²) in [6, 6.07) is 16.4. The Hall–Kier alpha value is -3.15. The maximum atomic E-state index is 10.7. The van der Waals surface area contributed by atoms with Crippen LogP contribution in [0, 0.1) is 0 Å². The van der Waals surface area contributed by atoms with E-state index in [9.17, 15) is 4.79 Å². The number of carboxylic acids is 1. The molecule has 24 heavy (non-hydrogen) atoms. The van der Waals surface area contributed by atoms with Crippen LogP contribution in [0.5, 0.6) is 5.75 Å². The lowest BCUT2D eigenvalue weighted by molar-refractivity contribution is -0.136. The summed E-state index contributed by atoms with van der Waals surface area (Å²) in [5.74, 6) is 0.633. The maximum absolute atomic E-state index is 10.7. The maximum Gasteiger partial charge on any atom is 0.307 e. The van der Waals surface area contributed by atoms with Crippen LogP contribution in [0.3, 0.4) is 0 Å². The van der Waals surface area contributed by atoms with E-state index in [1.807, 2.05) is 37.3 Å². The lowest BCUT2D eigenvalue weighted by Gasteiger charge is -2.10. The van der Waals surface area contributed by atoms with Crippen molar-refractivity contribution < 1.29 is 19.2 Å². The molecule has 0 saturated carbocycles. The van der Waals surface area contributed by atoms with Crippen LogP contribution in [0.25, 0.3) is 11.4 Å². The molecule has 3 aromatic rings. The van der Waals surface area contributed by atoms with E-state index in [-0.39, 0.29) is 6.42 Å². The van der Waals surface area contributed by atoms with E-state index in [2.05, 4.69) is 10.1 Å². The zero-order valence-electron chi connectivity index (χ0n) is 13.0. The number of carbonyl (C=O) groups is 1. The minimum absolute atomic E-state index is 0.0140. The van der Waals surface area contributed by atoms with Crippen molar-refractivity contribution in [3.05, 3.63) is 66.1 Å². The zero-order chi connectivity index (χ0) is 16.9. The highest BCUT2D eigenvalue weighted by molar-refractivity contribution is 5.70. The van der Waals surface area contributed by atoms with Crippen molar-refractivity contribution in [2.24, 2.45) is 0 Å². The summed E-state index contributed by atoms with van der Waals surface area (Å²) in [7, 11) is 0. The van der Waals surface area contributed by atoms with Gasteiger partial charge in [0, 0.05) is 5.56 Å². The molecule has 0 aliphatic rings. The highest BCUT2D eigenvalue weighted by Gasteiger charge is 2.16. The van der Waals surface area contributed by atoms with Crippen molar-refractivity contribution in [2.75, 3.05) is 0 Å². The van der Waals surface area contributed by atoms with Crippen molar-refractivity contribution in [1.82, 2.24) is 10.1 Å². The Morgan fingerprint density at radius 2 is 1.88 bits per heavy atom. The van der Waals surface area contributed by atoms with Crippen LogP contribution in [0.4, 0.5) is 0 Å². The van der Waals surface area contributed by atoms with Gasteiger partial charge in [-0.1, -0.05) is 47.6 Å². The fraction of sp³-hybridized carbons (Fsp3) is 0.167. The number of benzene rings is 2. The van der Waals surface area contributed by atoms with Crippen LogP contribution < -0.4 is 4.74 Å². The summed E-state index contributed by atoms with van der Waals surface area (Å²) < 4.78 is 11.0. The molecule has 0 aliphatic carbocycles. The minimum atomic E-state index is -0.865. The summed E-state index contributed by atoms with van der Waals surface area (Å²) in [6.45, 7) is 1.81. The second-order valence-electron chi connectivity index (χ2n) is 5.30. The Kier molecular flexibility index (Phi) is 4.56. The van der Waals surface area contributed by atoms with Crippen LogP contribution in [-0.2, 0) is 11.2 Å². The molecule has 0 aliphatic heterocycles. The van der Waals surface area contributed by atoms with Gasteiger partial charge in [-0.15, -0.1) is 0 Å². The Labute approximate surface area is 138 Å². The fourth-order valence-corrected chi connectivity index (χ4v) is 2.22. The molecule has 0 bridgehead atoms. The molecule has 6 nitrogen and oxygen atoms in total. The number of aromatic nitrogens is 2. The SMILES string of the molecule is C[C@H](Oc1ccc(CC(=O)O)cc1)c1nc(-c2ccccc2)no1. The summed E-state index contributed by atoms with van der Waals surface area (Å²) in [4.78, 5) is 15.0. The monoisotopic (exact) mass is 324 g/mol. The lowest BCUT2D eigenvalue weighted by atomic mass is 10.1. The van der Waals surface area contributed by atoms with E-state index in [0.717, 1.165) is 5.56 Å². The first-order valence-electron chi connectivity index (χ1n) is 7.48. The molecule has 1 heterocycles. The zero-order valence-corrected chi connectivity index (χ0v) is 13.0. The molecule has 0 fully saturated rings. The van der Waals surface area contributed by atoms with Crippen molar-refractivity contribution >= 4 is 5.97 Å². The average Bonchev–Trinajstić information content (AvgIpc) is 3.07. The summed E-state index contributed by atoms with van der Waals surface area (Å²) in [6.07, 6.45) is -0.430. The van der Waals surface area contributed by atoms with Gasteiger partial charge in [0.1, 0.15) is 5.75 Å². The van der Waals surface area contributed by atoms with Crippen molar-refractivity contribution in [1.29, 1.82) is 0 Å². The number of aliphatic carboxylic acids is 1. The first-order valence-corrected chi connectivity index (χ1v) is 7.48. The summed E-state index contributed by atoms with van der Waals surface area (Å²) in [5.41, 5.74) is 1.59. The van der Waals surface area contributed by atoms with Gasteiger partial charge in [0.25, 0.3) is 5.89 Å². The van der Waals surface area contributed by atoms with E-state index in [4.69, 9.17) is 14.4 Å². The molecular formula is C18H16N2O4. The quantitative estimate of drug-likeness (QED) is 0.747. The van der Waals surface area contributed by atoms with Crippen molar-refractivity contribution in [2.45, 2.75) is 19.4 Å². The third kappa shape index (κ3) is 3.78. The van der Waals surface area contributed by atoms with Crippen LogP contribution in [0.15, 0.2) is 59.1 Å². The van der Waals surface area contributed by atoms with E-state index >= 15 is 0 Å². The van der Waals surface area contributed by atoms with Gasteiger partial charge < -0.3 is 14.4 Å². The molecule has 1 N–H and O–H groups in total. The lowest BCUT2D eigenvalue weighted by Crippen LogP contribution is -2.04. The fourth-order valence-electron chi connectivity index (χ4n) is 2.22. The molecule has 1 aromatic heterocycles. The standard InChI is InChI=1S/C18H16N2O4/c1-12(23-15-9-7-13(8-10-15)11-16(21)22)18-19-17(20-24-18)14-5-3-2-4-6-14/h2-10,12H,11H2,1H3,(H,21,22)/t12-/m0/s1. The van der Waals surface area contributed by atoms with Crippen molar-refractivity contribution in [3.8, 4) is 17.1 Å². The number of hydrogen-bond donors (Lipinski definition) is 1. The van der Waals surface area contributed by atoms with Gasteiger partial charge in [0.05, 0.1) is 6.42 Å². The average molecular weight is 324 g/mol. The topological polar surface area (TPSA) is 85.5 Å². The third-order valence-electron chi connectivity index (χ3n) is 3.41. The summed E-state index contributed by atoms with van der Waals surface area (Å²) >= 11 is 0. The van der Waals surface area contributed by atoms with E-state index in [1.165, 1.54) is 0 Å². The van der Waals surface area contributed by atoms with Gasteiger partial charge in [0.2, 0.25) is 5.82 Å². The molecule has 2 aromatic carbocycles. The number of carboxylic acid groups (broad SMARTS) is 1. The van der Waals surface area contributed by atoms with Gasteiger partial charge in [-0.05, 0) is 24.6 Å². The number of ether oxygens (including phenoxy) is 1. The predicted octanol–water partition coefficient (Wildman–Crippen LogP) is 3.50. The molecule has 0 spiro atoms. The second-order valence-corrected chi connectivity index (χ2v) is 5.30. The van der Waals surface area contributed by atoms with Crippen molar-refractivity contribution in [3.63, 3.8) is 0 Å². The highest BCUT2D eigenvalue weighted by Crippen LogP contribution is 2.23. The largest absolute Gasteiger partial charge is 0.481 e. The van der Waals surface area contributed by atoms with Crippen LogP contribution in [-0.4, -0.2) is 21.2 Å². The molecule has 6 heteroatoms. The first kappa shape index (κ1) is 15.7. The minimum Gasteiger partial charge on any atom is -0.481 e. The normalized spacial score (nSPS) is 11.9. The van der Waals surface area contributed by atoms with Crippen LogP contribution in [0.1, 0.15) is 24.5 Å². The Bertz CT molecular complexity index is 813. The summed E-state index contributed by atoms with van der Waals surface area (Å²) in [5, 5.41) is 12.7. The van der Waals surface area contributed by atoms with E-state index < -0.39 is 12.1 Å². The van der Waals surface area contributed by atoms with Gasteiger partial charge in [-0.3, -0.25) is 4.79 Å². The Morgan fingerprint density at radius 1 is 1.17 bits per heavy atom. The predicted molar refractivity (Wildman–Crippen MR) is 86.6 cm³/mol. The third-order valence-corrected chi connectivity index (χ3v) is 3.41. The first-order chi connectivity index (χ1) is 11.6. The molecule has 122 valence electrons. The number of nitrogens with zero attached hydrogens (tertiary/aromatic N) is 2. The number of hydrogen-bond acceptors (Lipinski definition) is 5. The van der Waals surface area contributed by atoms with Gasteiger partial charge in [-0.2, -0.15) is 4.98 Å². The van der Waals surface area contributed by atoms with Gasteiger partial charge in [-0.25, -0.2) is 0 Å². The molecule has 0 radical (unpaired) electrons. The highest BCUT2D eigenvalue weighted by atomic mass is 16.5. The van der Waals surface area contributed by atoms with Crippen LogP contribution >= 0.6 is 0 Å². The van der Waals surface area contributed by atoms with Gasteiger partial charge in [0.15, 0.2) is 6.10 Å². The van der Waals surface area contributed by atoms with Gasteiger partial charge >= 0.3 is 5.97 Å². The Balaban J connectivity index is 1.68. The van der Waals surface area contributed by atoms with Crippen LogP contribution in [0.2, 0.25) is 0 Å². The molecule has 0 amide bonds. The number of rotatable bonds is 6. The molecule has 1 atom stereocenters. The molecular weight excluding hydrogens is 308 g/mol. The molecule has 0 saturated heterocycles. The molecule has 3 rings (SSSR count). The van der Waals surface area contributed by atoms with E-state index in [0.29, 0.717) is 23.0 Å². The Morgan fingerprint density at radius 3 is 2.54 bits per heavy atom. The molecule has 0 unspecified atom stereocenters.